The number of fused-ring (bicyclic) bond motifs is 5. The lowest BCUT2D eigenvalue weighted by molar-refractivity contribution is -0.152. The van der Waals surface area contributed by atoms with Crippen LogP contribution in [-0.4, -0.2) is 41.1 Å². The SMILES string of the molecule is COC(=O)C1Cc2c([nH]c3ccccc23)C2CC(NC3CC3)CC(c3cccc(Cl)c3)N12. The first-order valence-corrected chi connectivity index (χ1v) is 12.0. The van der Waals surface area contributed by atoms with Gasteiger partial charge in [-0.2, -0.15) is 0 Å². The molecule has 4 atom stereocenters. The molecule has 2 aliphatic heterocycles. The smallest absolute Gasteiger partial charge is 0.323 e. The molecule has 6 heteroatoms. The number of methoxy groups -OCH3 is 1. The molecule has 4 unspecified atom stereocenters. The summed E-state index contributed by atoms with van der Waals surface area (Å²) < 4.78 is 5.32. The molecule has 1 aliphatic carbocycles. The van der Waals surface area contributed by atoms with Crippen LogP contribution < -0.4 is 5.32 Å². The van der Waals surface area contributed by atoms with Gasteiger partial charge in [0.05, 0.1) is 13.2 Å². The number of ether oxygens (including phenoxy) is 1. The highest BCUT2D eigenvalue weighted by Gasteiger charge is 2.48. The van der Waals surface area contributed by atoms with Gasteiger partial charge in [0.1, 0.15) is 6.04 Å². The van der Waals surface area contributed by atoms with Crippen molar-refractivity contribution in [2.75, 3.05) is 7.11 Å². The van der Waals surface area contributed by atoms with Crippen molar-refractivity contribution in [3.05, 3.63) is 70.4 Å². The number of benzene rings is 2. The number of hydrogen-bond acceptors (Lipinski definition) is 4. The van der Waals surface area contributed by atoms with Crippen LogP contribution in [0.3, 0.4) is 0 Å². The van der Waals surface area contributed by atoms with Gasteiger partial charge in [0.25, 0.3) is 0 Å². The van der Waals surface area contributed by atoms with Crippen LogP contribution in [0.5, 0.6) is 0 Å². The Hall–Kier alpha value is -2.34. The van der Waals surface area contributed by atoms with Crippen molar-refractivity contribution in [1.82, 2.24) is 15.2 Å². The Kier molecular flexibility index (Phi) is 5.01. The molecule has 0 spiro atoms. The highest BCUT2D eigenvalue weighted by atomic mass is 35.5. The van der Waals surface area contributed by atoms with Crippen LogP contribution in [0.2, 0.25) is 5.02 Å². The maximum absolute atomic E-state index is 13.1. The maximum atomic E-state index is 13.1. The van der Waals surface area contributed by atoms with Crippen molar-refractivity contribution < 1.29 is 9.53 Å². The number of rotatable bonds is 4. The lowest BCUT2D eigenvalue weighted by Crippen LogP contribution is -2.55. The molecule has 1 saturated heterocycles. The minimum Gasteiger partial charge on any atom is -0.468 e. The van der Waals surface area contributed by atoms with Gasteiger partial charge in [-0.05, 0) is 55.0 Å². The summed E-state index contributed by atoms with van der Waals surface area (Å²) in [6.45, 7) is 0. The number of piperidine rings is 1. The fourth-order valence-electron chi connectivity index (χ4n) is 5.90. The average Bonchev–Trinajstić information content (AvgIpc) is 3.54. The van der Waals surface area contributed by atoms with Crippen LogP contribution in [0, 0.1) is 0 Å². The molecule has 0 bridgehead atoms. The third-order valence-electron chi connectivity index (χ3n) is 7.43. The standard InChI is InChI=1S/C26H28ClN3O2/c1-32-26(31)24-14-20-19-7-2-3-8-21(19)29-25(20)23-13-18(28-17-9-10-17)12-22(30(23)24)15-5-4-6-16(27)11-15/h2-8,11,17-18,22-24,28-29H,9-10,12-14H2,1H3. The summed E-state index contributed by atoms with van der Waals surface area (Å²) in [4.78, 5) is 19.2. The topological polar surface area (TPSA) is 57.4 Å². The fraction of sp³-hybridized carbons (Fsp3) is 0.423. The van der Waals surface area contributed by atoms with Crippen molar-refractivity contribution in [3.8, 4) is 0 Å². The monoisotopic (exact) mass is 449 g/mol. The van der Waals surface area contributed by atoms with Crippen LogP contribution in [0.4, 0.5) is 0 Å². The Balaban J connectivity index is 1.49. The predicted octanol–water partition coefficient (Wildman–Crippen LogP) is 4.92. The molecule has 2 N–H and O–H groups in total. The van der Waals surface area contributed by atoms with Gasteiger partial charge in [-0.3, -0.25) is 9.69 Å². The van der Waals surface area contributed by atoms with Gasteiger partial charge in [-0.1, -0.05) is 41.9 Å². The van der Waals surface area contributed by atoms with E-state index in [1.54, 1.807) is 0 Å². The summed E-state index contributed by atoms with van der Waals surface area (Å²) in [5.74, 6) is -0.161. The normalized spacial score (nSPS) is 27.7. The van der Waals surface area contributed by atoms with Crippen LogP contribution in [0.15, 0.2) is 48.5 Å². The number of carbonyl (C=O) groups is 1. The molecule has 5 nitrogen and oxygen atoms in total. The number of esters is 1. The first-order chi connectivity index (χ1) is 15.6. The van der Waals surface area contributed by atoms with E-state index in [2.05, 4.69) is 51.6 Å². The Morgan fingerprint density at radius 1 is 1.09 bits per heavy atom. The number of aromatic nitrogens is 1. The van der Waals surface area contributed by atoms with Crippen molar-refractivity contribution in [2.24, 2.45) is 0 Å². The zero-order valence-corrected chi connectivity index (χ0v) is 18.9. The second-order valence-electron chi connectivity index (χ2n) is 9.45. The third-order valence-corrected chi connectivity index (χ3v) is 7.66. The molecule has 2 aromatic carbocycles. The number of nitrogens with one attached hydrogen (secondary N) is 2. The third kappa shape index (κ3) is 3.43. The van der Waals surface area contributed by atoms with Gasteiger partial charge < -0.3 is 15.0 Å². The molecule has 3 heterocycles. The van der Waals surface area contributed by atoms with E-state index in [4.69, 9.17) is 16.3 Å². The number of para-hydroxylation sites is 1. The van der Waals surface area contributed by atoms with E-state index in [9.17, 15) is 4.79 Å². The molecule has 2 fully saturated rings. The second kappa shape index (κ2) is 7.91. The fourth-order valence-corrected chi connectivity index (χ4v) is 6.10. The Morgan fingerprint density at radius 2 is 1.91 bits per heavy atom. The summed E-state index contributed by atoms with van der Waals surface area (Å²) in [6, 6.07) is 17.5. The maximum Gasteiger partial charge on any atom is 0.323 e. The zero-order valence-electron chi connectivity index (χ0n) is 18.2. The van der Waals surface area contributed by atoms with Gasteiger partial charge in [-0.15, -0.1) is 0 Å². The van der Waals surface area contributed by atoms with E-state index >= 15 is 0 Å². The molecule has 1 saturated carbocycles. The van der Waals surface area contributed by atoms with E-state index in [0.717, 1.165) is 23.4 Å². The summed E-state index contributed by atoms with van der Waals surface area (Å²) in [5.41, 5.74) is 4.81. The number of hydrogen-bond donors (Lipinski definition) is 2. The first-order valence-electron chi connectivity index (χ1n) is 11.6. The van der Waals surface area contributed by atoms with Crippen molar-refractivity contribution in [2.45, 2.75) is 62.3 Å². The van der Waals surface area contributed by atoms with Crippen molar-refractivity contribution in [1.29, 1.82) is 0 Å². The number of nitrogens with zero attached hydrogens (tertiary/aromatic N) is 1. The molecule has 32 heavy (non-hydrogen) atoms. The zero-order chi connectivity index (χ0) is 21.8. The minimum absolute atomic E-state index is 0.0902. The van der Waals surface area contributed by atoms with Gasteiger partial charge >= 0.3 is 5.97 Å². The van der Waals surface area contributed by atoms with Gasteiger partial charge in [0.15, 0.2) is 0 Å². The Bertz CT molecular complexity index is 1170. The molecular weight excluding hydrogens is 422 g/mol. The molecule has 3 aromatic rings. The summed E-state index contributed by atoms with van der Waals surface area (Å²) >= 11 is 6.40. The average molecular weight is 450 g/mol. The second-order valence-corrected chi connectivity index (χ2v) is 9.89. The highest BCUT2D eigenvalue weighted by molar-refractivity contribution is 6.30. The first kappa shape index (κ1) is 20.3. The molecule has 3 aliphatic rings. The lowest BCUT2D eigenvalue weighted by atomic mass is 9.79. The summed E-state index contributed by atoms with van der Waals surface area (Å²) in [5, 5.41) is 5.82. The van der Waals surface area contributed by atoms with Gasteiger partial charge in [-0.25, -0.2) is 0 Å². The van der Waals surface area contributed by atoms with Crippen LogP contribution in [0.25, 0.3) is 10.9 Å². The van der Waals surface area contributed by atoms with E-state index < -0.39 is 0 Å². The Morgan fingerprint density at radius 3 is 2.69 bits per heavy atom. The number of H-pyrrole nitrogens is 1. The molecule has 166 valence electrons. The van der Waals surface area contributed by atoms with Crippen molar-refractivity contribution >= 4 is 28.5 Å². The summed E-state index contributed by atoms with van der Waals surface area (Å²) in [6.07, 6.45) is 5.10. The van der Waals surface area contributed by atoms with Crippen LogP contribution in [-0.2, 0) is 16.0 Å². The van der Waals surface area contributed by atoms with Gasteiger partial charge in [0.2, 0.25) is 0 Å². The van der Waals surface area contributed by atoms with Crippen LogP contribution >= 0.6 is 11.6 Å². The van der Waals surface area contributed by atoms with Gasteiger partial charge in [0, 0.05) is 46.2 Å². The largest absolute Gasteiger partial charge is 0.468 e. The van der Waals surface area contributed by atoms with E-state index in [-0.39, 0.29) is 24.1 Å². The van der Waals surface area contributed by atoms with Crippen LogP contribution in [0.1, 0.15) is 54.6 Å². The molecule has 0 radical (unpaired) electrons. The number of carbonyl (C=O) groups excluding carboxylic acids is 1. The number of aromatic amines is 1. The van der Waals surface area contributed by atoms with E-state index in [0.29, 0.717) is 18.5 Å². The van der Waals surface area contributed by atoms with Crippen molar-refractivity contribution in [3.63, 3.8) is 0 Å². The molecule has 6 rings (SSSR count). The van der Waals surface area contributed by atoms with E-state index in [1.807, 2.05) is 12.1 Å². The predicted molar refractivity (Wildman–Crippen MR) is 126 cm³/mol. The molecule has 1 aromatic heterocycles. The quantitative estimate of drug-likeness (QED) is 0.555. The summed E-state index contributed by atoms with van der Waals surface area (Å²) in [7, 11) is 1.50. The molecule has 0 amide bonds. The highest BCUT2D eigenvalue weighted by Crippen LogP contribution is 2.49. The lowest BCUT2D eigenvalue weighted by Gasteiger charge is -2.50. The number of halogens is 1. The molecular formula is C26H28ClN3O2. The minimum atomic E-state index is -0.317. The van der Waals surface area contributed by atoms with E-state index in [1.165, 1.54) is 42.2 Å². The Labute approximate surface area is 193 Å².